The molecule has 0 aliphatic carbocycles. The minimum Gasteiger partial charge on any atom is -0.381 e. The highest BCUT2D eigenvalue weighted by Crippen LogP contribution is 2.31. The molecule has 3 heterocycles. The number of ether oxygens (including phenoxy) is 1. The zero-order chi connectivity index (χ0) is 12.5. The Kier molecular flexibility index (Phi) is 3.13. The van der Waals surface area contributed by atoms with Crippen molar-refractivity contribution in [2.75, 3.05) is 13.2 Å². The standard InChI is InChI=1S/C12H15N3O2S/c1-3-9-13-7(2)10(18-9)12-14-11(15-17-12)8-4-5-16-6-8/h8H,3-6H2,1-2H3. The van der Waals surface area contributed by atoms with Crippen LogP contribution < -0.4 is 0 Å². The van der Waals surface area contributed by atoms with Crippen molar-refractivity contribution in [2.24, 2.45) is 0 Å². The van der Waals surface area contributed by atoms with E-state index in [1.807, 2.05) is 6.92 Å². The van der Waals surface area contributed by atoms with Gasteiger partial charge in [-0.15, -0.1) is 11.3 Å². The lowest BCUT2D eigenvalue weighted by Gasteiger charge is -1.97. The fraction of sp³-hybridized carbons (Fsp3) is 0.583. The van der Waals surface area contributed by atoms with Crippen LogP contribution in [0.3, 0.4) is 0 Å². The molecule has 0 aromatic carbocycles. The van der Waals surface area contributed by atoms with Crippen molar-refractivity contribution in [3.05, 3.63) is 16.5 Å². The molecule has 2 aromatic heterocycles. The van der Waals surface area contributed by atoms with E-state index in [-0.39, 0.29) is 5.92 Å². The molecule has 2 aromatic rings. The van der Waals surface area contributed by atoms with Gasteiger partial charge in [-0.25, -0.2) is 4.98 Å². The molecule has 1 aliphatic heterocycles. The number of aromatic nitrogens is 3. The maximum atomic E-state index is 5.36. The van der Waals surface area contributed by atoms with E-state index in [0.29, 0.717) is 12.5 Å². The van der Waals surface area contributed by atoms with Gasteiger partial charge in [-0.05, 0) is 19.8 Å². The first kappa shape index (κ1) is 11.8. The second-order valence-electron chi connectivity index (χ2n) is 4.39. The Bertz CT molecular complexity index is 543. The van der Waals surface area contributed by atoms with Gasteiger partial charge >= 0.3 is 0 Å². The zero-order valence-corrected chi connectivity index (χ0v) is 11.3. The van der Waals surface area contributed by atoms with Gasteiger partial charge in [-0.2, -0.15) is 4.98 Å². The summed E-state index contributed by atoms with van der Waals surface area (Å²) in [5.41, 5.74) is 0.967. The van der Waals surface area contributed by atoms with Crippen molar-refractivity contribution in [3.8, 4) is 10.8 Å². The van der Waals surface area contributed by atoms with Gasteiger partial charge in [-0.1, -0.05) is 12.1 Å². The highest BCUT2D eigenvalue weighted by atomic mass is 32.1. The van der Waals surface area contributed by atoms with E-state index in [1.165, 1.54) is 0 Å². The van der Waals surface area contributed by atoms with Crippen molar-refractivity contribution in [3.63, 3.8) is 0 Å². The van der Waals surface area contributed by atoms with Crippen LogP contribution in [0.2, 0.25) is 0 Å². The molecule has 0 spiro atoms. The molecule has 5 nitrogen and oxygen atoms in total. The van der Waals surface area contributed by atoms with Crippen LogP contribution in [0, 0.1) is 6.92 Å². The summed E-state index contributed by atoms with van der Waals surface area (Å²) in [6.07, 6.45) is 1.91. The molecule has 3 rings (SSSR count). The maximum Gasteiger partial charge on any atom is 0.269 e. The molecule has 18 heavy (non-hydrogen) atoms. The summed E-state index contributed by atoms with van der Waals surface area (Å²) < 4.78 is 10.7. The lowest BCUT2D eigenvalue weighted by molar-refractivity contribution is 0.192. The highest BCUT2D eigenvalue weighted by Gasteiger charge is 2.24. The van der Waals surface area contributed by atoms with E-state index < -0.39 is 0 Å². The van der Waals surface area contributed by atoms with E-state index in [2.05, 4.69) is 22.0 Å². The monoisotopic (exact) mass is 265 g/mol. The fourth-order valence-electron chi connectivity index (χ4n) is 2.03. The third-order valence-electron chi connectivity index (χ3n) is 3.07. The van der Waals surface area contributed by atoms with Crippen molar-refractivity contribution >= 4 is 11.3 Å². The molecule has 0 saturated carbocycles. The Morgan fingerprint density at radius 3 is 2.94 bits per heavy atom. The number of nitrogens with zero attached hydrogens (tertiary/aromatic N) is 3. The molecule has 6 heteroatoms. The van der Waals surface area contributed by atoms with Gasteiger partial charge < -0.3 is 9.26 Å². The molecular formula is C12H15N3O2S. The van der Waals surface area contributed by atoms with Gasteiger partial charge in [0.15, 0.2) is 5.82 Å². The van der Waals surface area contributed by atoms with Crippen molar-refractivity contribution in [1.29, 1.82) is 0 Å². The minimum absolute atomic E-state index is 0.279. The molecule has 0 N–H and O–H groups in total. The maximum absolute atomic E-state index is 5.36. The van der Waals surface area contributed by atoms with Crippen LogP contribution in [-0.4, -0.2) is 28.3 Å². The highest BCUT2D eigenvalue weighted by molar-refractivity contribution is 7.15. The van der Waals surface area contributed by atoms with Crippen molar-refractivity contribution in [1.82, 2.24) is 15.1 Å². The third-order valence-corrected chi connectivity index (χ3v) is 4.36. The number of rotatable bonds is 3. The molecule has 1 unspecified atom stereocenters. The number of aryl methyl sites for hydroxylation is 2. The molecule has 0 radical (unpaired) electrons. The summed E-state index contributed by atoms with van der Waals surface area (Å²) >= 11 is 1.63. The molecule has 0 bridgehead atoms. The van der Waals surface area contributed by atoms with E-state index in [4.69, 9.17) is 9.26 Å². The van der Waals surface area contributed by atoms with Crippen LogP contribution in [0.15, 0.2) is 4.52 Å². The summed E-state index contributed by atoms with van der Waals surface area (Å²) in [6.45, 7) is 5.56. The quantitative estimate of drug-likeness (QED) is 0.853. The first-order valence-corrected chi connectivity index (χ1v) is 6.97. The number of thiazole rings is 1. The molecule has 1 fully saturated rings. The molecule has 96 valence electrons. The van der Waals surface area contributed by atoms with Crippen LogP contribution in [0.5, 0.6) is 0 Å². The average molecular weight is 265 g/mol. The molecule has 1 saturated heterocycles. The first-order valence-electron chi connectivity index (χ1n) is 6.16. The Morgan fingerprint density at radius 2 is 2.28 bits per heavy atom. The summed E-state index contributed by atoms with van der Waals surface area (Å²) in [5, 5.41) is 5.17. The second-order valence-corrected chi connectivity index (χ2v) is 5.48. The van der Waals surface area contributed by atoms with Crippen LogP contribution in [0.25, 0.3) is 10.8 Å². The van der Waals surface area contributed by atoms with Gasteiger partial charge in [-0.3, -0.25) is 0 Å². The summed E-state index contributed by atoms with van der Waals surface area (Å²) in [6, 6.07) is 0. The van der Waals surface area contributed by atoms with Crippen molar-refractivity contribution < 1.29 is 9.26 Å². The first-order chi connectivity index (χ1) is 8.78. The summed E-state index contributed by atoms with van der Waals surface area (Å²) in [5.74, 6) is 1.63. The van der Waals surface area contributed by atoms with Crippen LogP contribution in [-0.2, 0) is 11.2 Å². The predicted molar refractivity (Wildman–Crippen MR) is 67.7 cm³/mol. The Hall–Kier alpha value is -1.27. The summed E-state index contributed by atoms with van der Waals surface area (Å²) in [4.78, 5) is 9.95. The average Bonchev–Trinajstić information content (AvgIpc) is 3.08. The Morgan fingerprint density at radius 1 is 1.39 bits per heavy atom. The fourth-order valence-corrected chi connectivity index (χ4v) is 2.96. The molecule has 1 atom stereocenters. The smallest absolute Gasteiger partial charge is 0.269 e. The van der Waals surface area contributed by atoms with Crippen LogP contribution in [0.1, 0.15) is 35.8 Å². The predicted octanol–water partition coefficient (Wildman–Crippen LogP) is 2.57. The Balaban J connectivity index is 1.89. The minimum atomic E-state index is 0.279. The molecular weight excluding hydrogens is 250 g/mol. The zero-order valence-electron chi connectivity index (χ0n) is 10.5. The molecule has 1 aliphatic rings. The Labute approximate surface area is 109 Å². The van der Waals surface area contributed by atoms with Gasteiger partial charge in [0.1, 0.15) is 4.88 Å². The second kappa shape index (κ2) is 4.78. The van der Waals surface area contributed by atoms with E-state index in [9.17, 15) is 0 Å². The van der Waals surface area contributed by atoms with Crippen LogP contribution >= 0.6 is 11.3 Å². The topological polar surface area (TPSA) is 61.0 Å². The van der Waals surface area contributed by atoms with Gasteiger partial charge in [0.2, 0.25) is 0 Å². The lowest BCUT2D eigenvalue weighted by atomic mass is 10.1. The van der Waals surface area contributed by atoms with Gasteiger partial charge in [0, 0.05) is 12.5 Å². The van der Waals surface area contributed by atoms with Gasteiger partial charge in [0.25, 0.3) is 5.89 Å². The lowest BCUT2D eigenvalue weighted by Crippen LogP contribution is -1.99. The normalized spacial score (nSPS) is 19.6. The SMILES string of the molecule is CCc1nc(C)c(-c2nc(C3CCOC3)no2)s1. The number of hydrogen-bond acceptors (Lipinski definition) is 6. The largest absolute Gasteiger partial charge is 0.381 e. The third kappa shape index (κ3) is 2.06. The van der Waals surface area contributed by atoms with E-state index in [0.717, 1.165) is 40.9 Å². The van der Waals surface area contributed by atoms with E-state index >= 15 is 0 Å². The summed E-state index contributed by atoms with van der Waals surface area (Å²) in [7, 11) is 0. The molecule has 0 amide bonds. The number of hydrogen-bond donors (Lipinski definition) is 0. The van der Waals surface area contributed by atoms with Crippen LogP contribution in [0.4, 0.5) is 0 Å². The van der Waals surface area contributed by atoms with Gasteiger partial charge in [0.05, 0.1) is 17.3 Å². The van der Waals surface area contributed by atoms with Crippen molar-refractivity contribution in [2.45, 2.75) is 32.6 Å². The van der Waals surface area contributed by atoms with E-state index in [1.54, 1.807) is 11.3 Å².